The van der Waals surface area contributed by atoms with Gasteiger partial charge < -0.3 is 9.47 Å². The second-order valence-electron chi connectivity index (χ2n) is 12.1. The first-order valence-corrected chi connectivity index (χ1v) is 16.4. The first kappa shape index (κ1) is 25.0. The predicted molar refractivity (Wildman–Crippen MR) is 192 cm³/mol. The second kappa shape index (κ2) is 9.56. The summed E-state index contributed by atoms with van der Waals surface area (Å²) in [7, 11) is 0. The van der Waals surface area contributed by atoms with Crippen molar-refractivity contribution in [2.24, 2.45) is 0 Å². The molecule has 0 radical (unpaired) electrons. The number of benzene rings is 6. The van der Waals surface area contributed by atoms with E-state index in [1.165, 1.54) is 75.7 Å². The SMILES string of the molecule is C1=CC2c3cc(-c4ccc5c(c4)c4ccccc4n5-c4cccc5c4sc4ccccc45)ccc3N(c3ccccc3)C2C=C1. The average Bonchev–Trinajstić information content (AvgIpc) is 3.76. The van der Waals surface area contributed by atoms with Gasteiger partial charge in [0.15, 0.2) is 0 Å². The van der Waals surface area contributed by atoms with Crippen LogP contribution in [-0.4, -0.2) is 10.6 Å². The van der Waals surface area contributed by atoms with E-state index >= 15 is 0 Å². The summed E-state index contributed by atoms with van der Waals surface area (Å²) in [5.41, 5.74) is 10.2. The minimum Gasteiger partial charge on any atom is -0.333 e. The van der Waals surface area contributed by atoms with Crippen molar-refractivity contribution in [3.05, 3.63) is 163 Å². The van der Waals surface area contributed by atoms with E-state index < -0.39 is 0 Å². The van der Waals surface area contributed by atoms with E-state index in [-0.39, 0.29) is 0 Å². The Balaban J connectivity index is 1.15. The Hall–Kier alpha value is -5.38. The molecule has 1 aliphatic carbocycles. The zero-order valence-electron chi connectivity index (χ0n) is 24.5. The van der Waals surface area contributed by atoms with Gasteiger partial charge in [-0.15, -0.1) is 11.3 Å². The van der Waals surface area contributed by atoms with Crippen LogP contribution in [0, 0.1) is 0 Å². The van der Waals surface area contributed by atoms with E-state index in [0.29, 0.717) is 12.0 Å². The Morgan fingerprint density at radius 2 is 1.24 bits per heavy atom. The van der Waals surface area contributed by atoms with Crippen LogP contribution in [-0.2, 0) is 0 Å². The number of nitrogens with zero attached hydrogens (tertiary/aromatic N) is 2. The lowest BCUT2D eigenvalue weighted by molar-refractivity contribution is 0.745. The molecule has 0 N–H and O–H groups in total. The monoisotopic (exact) mass is 592 g/mol. The molecule has 45 heavy (non-hydrogen) atoms. The first-order valence-electron chi connectivity index (χ1n) is 15.6. The van der Waals surface area contributed by atoms with Crippen LogP contribution in [0.5, 0.6) is 0 Å². The van der Waals surface area contributed by atoms with E-state index in [0.717, 1.165) is 0 Å². The van der Waals surface area contributed by atoms with Crippen molar-refractivity contribution < 1.29 is 0 Å². The van der Waals surface area contributed by atoms with Crippen molar-refractivity contribution in [2.45, 2.75) is 12.0 Å². The van der Waals surface area contributed by atoms with Crippen molar-refractivity contribution in [1.29, 1.82) is 0 Å². The van der Waals surface area contributed by atoms with Gasteiger partial charge in [0, 0.05) is 43.5 Å². The van der Waals surface area contributed by atoms with Crippen LogP contribution < -0.4 is 4.90 Å². The number of para-hydroxylation sites is 2. The fourth-order valence-electron chi connectivity index (χ4n) is 7.73. The molecule has 0 spiro atoms. The Morgan fingerprint density at radius 1 is 0.511 bits per heavy atom. The van der Waals surface area contributed by atoms with E-state index in [2.05, 4.69) is 167 Å². The highest BCUT2D eigenvalue weighted by Crippen LogP contribution is 2.49. The molecule has 1 aliphatic heterocycles. The fourth-order valence-corrected chi connectivity index (χ4v) is 8.94. The molecule has 3 heterocycles. The number of hydrogen-bond donors (Lipinski definition) is 0. The summed E-state index contributed by atoms with van der Waals surface area (Å²) >= 11 is 1.89. The van der Waals surface area contributed by atoms with Crippen LogP contribution in [0.1, 0.15) is 11.5 Å². The van der Waals surface area contributed by atoms with Gasteiger partial charge in [-0.25, -0.2) is 0 Å². The third kappa shape index (κ3) is 3.62. The summed E-state index contributed by atoms with van der Waals surface area (Å²) in [5, 5.41) is 5.22. The van der Waals surface area contributed by atoms with Crippen molar-refractivity contribution in [3.8, 4) is 16.8 Å². The molecule has 3 heteroatoms. The zero-order valence-corrected chi connectivity index (χ0v) is 25.3. The molecule has 6 aromatic carbocycles. The summed E-state index contributed by atoms with van der Waals surface area (Å²) in [4.78, 5) is 2.50. The largest absolute Gasteiger partial charge is 0.333 e. The Labute approximate surface area is 265 Å². The summed E-state index contributed by atoms with van der Waals surface area (Å²) in [5.74, 6) is 0.331. The molecule has 0 fully saturated rings. The number of rotatable bonds is 3. The normalized spacial score (nSPS) is 17.1. The third-order valence-electron chi connectivity index (χ3n) is 9.71. The average molecular weight is 593 g/mol. The lowest BCUT2D eigenvalue weighted by Crippen LogP contribution is -2.28. The third-order valence-corrected chi connectivity index (χ3v) is 10.9. The smallest absolute Gasteiger partial charge is 0.0640 e. The van der Waals surface area contributed by atoms with Crippen molar-refractivity contribution in [2.75, 3.05) is 4.90 Å². The van der Waals surface area contributed by atoms with Gasteiger partial charge >= 0.3 is 0 Å². The minimum absolute atomic E-state index is 0.291. The molecular formula is C42H28N2S. The molecule has 2 aromatic heterocycles. The number of fused-ring (bicyclic) bond motifs is 9. The highest BCUT2D eigenvalue weighted by Gasteiger charge is 2.37. The van der Waals surface area contributed by atoms with E-state index in [1.54, 1.807) is 0 Å². The van der Waals surface area contributed by atoms with E-state index in [9.17, 15) is 0 Å². The molecule has 0 saturated carbocycles. The molecule has 2 unspecified atom stereocenters. The van der Waals surface area contributed by atoms with Crippen molar-refractivity contribution in [3.63, 3.8) is 0 Å². The molecule has 2 nitrogen and oxygen atoms in total. The van der Waals surface area contributed by atoms with Gasteiger partial charge in [-0.05, 0) is 71.3 Å². The topological polar surface area (TPSA) is 8.17 Å². The summed E-state index contributed by atoms with van der Waals surface area (Å²) in [6.07, 6.45) is 9.09. The maximum atomic E-state index is 2.50. The predicted octanol–water partition coefficient (Wildman–Crippen LogP) is 11.5. The maximum Gasteiger partial charge on any atom is 0.0640 e. The summed E-state index contributed by atoms with van der Waals surface area (Å²) in [6.45, 7) is 0. The number of allylic oxidation sites excluding steroid dienone is 2. The second-order valence-corrected chi connectivity index (χ2v) is 13.2. The Kier molecular flexibility index (Phi) is 5.31. The number of anilines is 2. The molecule has 2 atom stereocenters. The van der Waals surface area contributed by atoms with Crippen molar-refractivity contribution in [1.82, 2.24) is 4.57 Å². The lowest BCUT2D eigenvalue weighted by atomic mass is 9.89. The van der Waals surface area contributed by atoms with Gasteiger partial charge in [0.1, 0.15) is 0 Å². The van der Waals surface area contributed by atoms with Crippen LogP contribution in [0.4, 0.5) is 11.4 Å². The molecule has 0 saturated heterocycles. The lowest BCUT2D eigenvalue weighted by Gasteiger charge is -2.28. The van der Waals surface area contributed by atoms with Crippen LogP contribution in [0.3, 0.4) is 0 Å². The number of hydrogen-bond acceptors (Lipinski definition) is 2. The quantitative estimate of drug-likeness (QED) is 0.198. The summed E-state index contributed by atoms with van der Waals surface area (Å²) < 4.78 is 5.13. The molecule has 2 aliphatic rings. The van der Waals surface area contributed by atoms with Gasteiger partial charge in [0.05, 0.1) is 27.5 Å². The van der Waals surface area contributed by atoms with Gasteiger partial charge in [-0.2, -0.15) is 0 Å². The van der Waals surface area contributed by atoms with Crippen LogP contribution >= 0.6 is 11.3 Å². The zero-order chi connectivity index (χ0) is 29.5. The molecule has 10 rings (SSSR count). The van der Waals surface area contributed by atoms with E-state index in [1.807, 2.05) is 11.3 Å². The summed E-state index contributed by atoms with van der Waals surface area (Å²) in [6, 6.07) is 49.5. The van der Waals surface area contributed by atoms with Gasteiger partial charge in [-0.3, -0.25) is 0 Å². The molecule has 0 amide bonds. The van der Waals surface area contributed by atoms with Gasteiger partial charge in [0.2, 0.25) is 0 Å². The van der Waals surface area contributed by atoms with Gasteiger partial charge in [0.25, 0.3) is 0 Å². The highest BCUT2D eigenvalue weighted by molar-refractivity contribution is 7.26. The number of aromatic nitrogens is 1. The Bertz CT molecular complexity index is 2510. The van der Waals surface area contributed by atoms with Crippen LogP contribution in [0.25, 0.3) is 58.8 Å². The number of thiophene rings is 1. The minimum atomic E-state index is 0.291. The van der Waals surface area contributed by atoms with Crippen LogP contribution in [0.15, 0.2) is 158 Å². The molecule has 8 aromatic rings. The first-order chi connectivity index (χ1) is 22.3. The van der Waals surface area contributed by atoms with Crippen molar-refractivity contribution >= 4 is 64.7 Å². The molecule has 212 valence electrons. The maximum absolute atomic E-state index is 2.50. The Morgan fingerprint density at radius 3 is 2.18 bits per heavy atom. The fraction of sp³-hybridized carbons (Fsp3) is 0.0476. The molecular weight excluding hydrogens is 565 g/mol. The van der Waals surface area contributed by atoms with Gasteiger partial charge in [-0.1, -0.05) is 103 Å². The highest BCUT2D eigenvalue weighted by atomic mass is 32.1. The molecule has 0 bridgehead atoms. The standard InChI is InChI=1S/C42H28N2S/c1-2-11-29(12-3-1)43-36-17-7-4-13-30(36)34-25-27(21-23-38(34)43)28-22-24-39-35(26-28)31-14-5-8-18-37(31)44(39)40-19-10-16-33-32-15-6-9-20-41(32)45-42(33)40/h1-26,30,36H. The van der Waals surface area contributed by atoms with Crippen LogP contribution in [0.2, 0.25) is 0 Å². The van der Waals surface area contributed by atoms with E-state index in [4.69, 9.17) is 0 Å².